The maximum absolute atomic E-state index is 2.70. The van der Waals surface area contributed by atoms with Crippen LogP contribution in [0.1, 0.15) is 45.4 Å². The Hall–Kier alpha value is 0.270. The lowest BCUT2D eigenvalue weighted by molar-refractivity contribution is 0.276. The van der Waals surface area contributed by atoms with E-state index in [0.29, 0.717) is 0 Å². The number of hydrogen-bond donors (Lipinski definition) is 0. The minimum atomic E-state index is 0.921. The topological polar surface area (TPSA) is 6.48 Å². The highest BCUT2D eigenvalue weighted by atomic mass is 32.2. The van der Waals surface area contributed by atoms with E-state index in [1.54, 1.807) is 0 Å². The zero-order valence-corrected chi connectivity index (χ0v) is 13.8. The van der Waals surface area contributed by atoms with Crippen molar-refractivity contribution in [1.82, 2.24) is 9.80 Å². The van der Waals surface area contributed by atoms with E-state index < -0.39 is 0 Å². The first-order chi connectivity index (χ1) is 9.28. The van der Waals surface area contributed by atoms with Crippen LogP contribution in [0.25, 0.3) is 0 Å². The van der Waals surface area contributed by atoms with Gasteiger partial charge in [-0.1, -0.05) is 26.2 Å². The summed E-state index contributed by atoms with van der Waals surface area (Å²) in [5.74, 6) is 2.28. The standard InChI is InChI=1S/C16H32N2S/c1-3-17(2)13-15-9-10-18(14-15)11-12-19-16-7-5-4-6-8-16/h15-16H,3-14H2,1-2H3/t15-/m1/s1. The molecule has 0 bridgehead atoms. The minimum Gasteiger partial charge on any atom is -0.306 e. The molecular formula is C16H32N2S. The van der Waals surface area contributed by atoms with Gasteiger partial charge in [0.1, 0.15) is 0 Å². The third-order valence-electron chi connectivity index (χ3n) is 4.79. The van der Waals surface area contributed by atoms with E-state index >= 15 is 0 Å². The fraction of sp³-hybridized carbons (Fsp3) is 1.00. The first-order valence-corrected chi connectivity index (χ1v) is 9.35. The Morgan fingerprint density at radius 1 is 1.16 bits per heavy atom. The van der Waals surface area contributed by atoms with Gasteiger partial charge in [-0.05, 0) is 45.3 Å². The van der Waals surface area contributed by atoms with Crippen molar-refractivity contribution in [3.05, 3.63) is 0 Å². The summed E-state index contributed by atoms with van der Waals surface area (Å²) in [5, 5.41) is 0.985. The van der Waals surface area contributed by atoms with E-state index in [1.807, 2.05) is 0 Å². The van der Waals surface area contributed by atoms with Crippen LogP contribution in [-0.4, -0.2) is 60.6 Å². The first kappa shape index (κ1) is 15.7. The third-order valence-corrected chi connectivity index (χ3v) is 6.15. The summed E-state index contributed by atoms with van der Waals surface area (Å²) in [6.45, 7) is 8.75. The van der Waals surface area contributed by atoms with Crippen LogP contribution in [0.2, 0.25) is 0 Å². The zero-order chi connectivity index (χ0) is 13.5. The second-order valence-electron chi connectivity index (χ2n) is 6.44. The van der Waals surface area contributed by atoms with Gasteiger partial charge in [0.25, 0.3) is 0 Å². The van der Waals surface area contributed by atoms with Gasteiger partial charge in [0.15, 0.2) is 0 Å². The summed E-state index contributed by atoms with van der Waals surface area (Å²) in [6, 6.07) is 0. The van der Waals surface area contributed by atoms with Crippen molar-refractivity contribution in [2.24, 2.45) is 5.92 Å². The summed E-state index contributed by atoms with van der Waals surface area (Å²) in [7, 11) is 2.25. The highest BCUT2D eigenvalue weighted by molar-refractivity contribution is 7.99. The molecule has 2 aliphatic rings. The maximum Gasteiger partial charge on any atom is 0.00726 e. The molecule has 1 heterocycles. The SMILES string of the molecule is CCN(C)C[C@H]1CCN(CCSC2CCCCC2)C1. The highest BCUT2D eigenvalue weighted by Crippen LogP contribution is 2.28. The number of hydrogen-bond acceptors (Lipinski definition) is 3. The van der Waals surface area contributed by atoms with Crippen molar-refractivity contribution >= 4 is 11.8 Å². The van der Waals surface area contributed by atoms with Crippen LogP contribution in [-0.2, 0) is 0 Å². The Kier molecular flexibility index (Phi) is 7.03. The van der Waals surface area contributed by atoms with Gasteiger partial charge in [-0.15, -0.1) is 0 Å². The Morgan fingerprint density at radius 2 is 1.95 bits per heavy atom. The number of likely N-dealkylation sites (tertiary alicyclic amines) is 1. The van der Waals surface area contributed by atoms with Gasteiger partial charge >= 0.3 is 0 Å². The Labute approximate surface area is 124 Å². The first-order valence-electron chi connectivity index (χ1n) is 8.30. The quantitative estimate of drug-likeness (QED) is 0.708. The molecule has 1 atom stereocenters. The molecule has 0 radical (unpaired) electrons. The Balaban J connectivity index is 1.54. The van der Waals surface area contributed by atoms with Crippen LogP contribution in [0, 0.1) is 5.92 Å². The molecule has 0 aromatic rings. The summed E-state index contributed by atoms with van der Waals surface area (Å²) >= 11 is 2.25. The number of thioether (sulfide) groups is 1. The third kappa shape index (κ3) is 5.65. The molecule has 2 rings (SSSR count). The molecule has 1 saturated heterocycles. The average molecular weight is 285 g/mol. The van der Waals surface area contributed by atoms with Gasteiger partial charge in [0.2, 0.25) is 0 Å². The van der Waals surface area contributed by atoms with Crippen molar-refractivity contribution in [3.63, 3.8) is 0 Å². The van der Waals surface area contributed by atoms with Crippen molar-refractivity contribution in [1.29, 1.82) is 0 Å². The van der Waals surface area contributed by atoms with E-state index in [-0.39, 0.29) is 0 Å². The van der Waals surface area contributed by atoms with E-state index in [1.165, 1.54) is 77.0 Å². The molecule has 1 aliphatic heterocycles. The molecule has 0 aromatic heterocycles. The monoisotopic (exact) mass is 284 g/mol. The molecule has 3 heteroatoms. The second kappa shape index (κ2) is 8.53. The lowest BCUT2D eigenvalue weighted by atomic mass is 10.0. The summed E-state index contributed by atoms with van der Waals surface area (Å²) < 4.78 is 0. The van der Waals surface area contributed by atoms with E-state index in [0.717, 1.165) is 11.2 Å². The van der Waals surface area contributed by atoms with Crippen molar-refractivity contribution in [2.45, 2.75) is 50.7 Å². The van der Waals surface area contributed by atoms with Crippen LogP contribution in [0.3, 0.4) is 0 Å². The van der Waals surface area contributed by atoms with Crippen LogP contribution in [0.5, 0.6) is 0 Å². The second-order valence-corrected chi connectivity index (χ2v) is 7.85. The molecule has 1 saturated carbocycles. The fourth-order valence-corrected chi connectivity index (χ4v) is 4.78. The predicted octanol–water partition coefficient (Wildman–Crippen LogP) is 3.33. The number of nitrogens with zero attached hydrogens (tertiary/aromatic N) is 2. The van der Waals surface area contributed by atoms with E-state index in [9.17, 15) is 0 Å². The molecule has 0 aromatic carbocycles. The lowest BCUT2D eigenvalue weighted by Crippen LogP contribution is -2.29. The normalized spacial score (nSPS) is 26.4. The van der Waals surface area contributed by atoms with Gasteiger partial charge in [0.05, 0.1) is 0 Å². The summed E-state index contributed by atoms with van der Waals surface area (Å²) in [5.41, 5.74) is 0. The van der Waals surface area contributed by atoms with E-state index in [2.05, 4.69) is 35.5 Å². The largest absolute Gasteiger partial charge is 0.306 e. The predicted molar refractivity (Wildman–Crippen MR) is 87.0 cm³/mol. The van der Waals surface area contributed by atoms with Gasteiger partial charge in [-0.2, -0.15) is 11.8 Å². The molecule has 2 fully saturated rings. The summed E-state index contributed by atoms with van der Waals surface area (Å²) in [6.07, 6.45) is 8.82. The van der Waals surface area contributed by atoms with Gasteiger partial charge in [-0.25, -0.2) is 0 Å². The van der Waals surface area contributed by atoms with E-state index in [4.69, 9.17) is 0 Å². The van der Waals surface area contributed by atoms with Crippen LogP contribution < -0.4 is 0 Å². The summed E-state index contributed by atoms with van der Waals surface area (Å²) in [4.78, 5) is 5.16. The highest BCUT2D eigenvalue weighted by Gasteiger charge is 2.23. The van der Waals surface area contributed by atoms with Crippen LogP contribution in [0.4, 0.5) is 0 Å². The molecule has 112 valence electrons. The molecule has 0 spiro atoms. The molecule has 0 N–H and O–H groups in total. The van der Waals surface area contributed by atoms with Crippen LogP contribution >= 0.6 is 11.8 Å². The average Bonchev–Trinajstić information content (AvgIpc) is 2.87. The van der Waals surface area contributed by atoms with Gasteiger partial charge in [0, 0.05) is 30.6 Å². The molecule has 19 heavy (non-hydrogen) atoms. The maximum atomic E-state index is 2.70. The molecule has 0 unspecified atom stereocenters. The van der Waals surface area contributed by atoms with Crippen molar-refractivity contribution in [2.75, 3.05) is 45.5 Å². The minimum absolute atomic E-state index is 0.921. The lowest BCUT2D eigenvalue weighted by Gasteiger charge is -2.23. The molecule has 1 aliphatic carbocycles. The van der Waals surface area contributed by atoms with Gasteiger partial charge in [-0.3, -0.25) is 0 Å². The molecule has 2 nitrogen and oxygen atoms in total. The van der Waals surface area contributed by atoms with Crippen molar-refractivity contribution in [3.8, 4) is 0 Å². The van der Waals surface area contributed by atoms with Crippen LogP contribution in [0.15, 0.2) is 0 Å². The molecular weight excluding hydrogens is 252 g/mol. The molecule has 0 amide bonds. The van der Waals surface area contributed by atoms with Gasteiger partial charge < -0.3 is 9.80 Å². The Morgan fingerprint density at radius 3 is 2.68 bits per heavy atom. The number of rotatable bonds is 7. The Bertz CT molecular complexity index is 241. The smallest absolute Gasteiger partial charge is 0.00726 e. The fourth-order valence-electron chi connectivity index (χ4n) is 3.42. The zero-order valence-electron chi connectivity index (χ0n) is 12.9. The van der Waals surface area contributed by atoms with Crippen molar-refractivity contribution < 1.29 is 0 Å².